The van der Waals surface area contributed by atoms with Gasteiger partial charge in [0.2, 0.25) is 0 Å². The van der Waals surface area contributed by atoms with Crippen LogP contribution in [0.25, 0.3) is 0 Å². The Morgan fingerprint density at radius 1 is 1.53 bits per heavy atom. The molecular weight excluding hydrogens is 240 g/mol. The molecule has 2 amide bonds. The van der Waals surface area contributed by atoms with E-state index in [1.807, 2.05) is 18.4 Å². The molecule has 0 radical (unpaired) electrons. The summed E-state index contributed by atoms with van der Waals surface area (Å²) in [6.45, 7) is 2.41. The molecule has 0 aromatic carbocycles. The Labute approximate surface area is 103 Å². The third-order valence-corrected chi connectivity index (χ3v) is 3.91. The van der Waals surface area contributed by atoms with Crippen LogP contribution in [0.2, 0.25) is 0 Å². The van der Waals surface area contributed by atoms with E-state index in [-0.39, 0.29) is 0 Å². The third-order valence-electron chi connectivity index (χ3n) is 2.89. The third kappa shape index (κ3) is 2.58. The van der Waals surface area contributed by atoms with Crippen molar-refractivity contribution in [3.8, 4) is 0 Å². The quantitative estimate of drug-likeness (QED) is 0.761. The van der Waals surface area contributed by atoms with E-state index in [0.717, 1.165) is 10.4 Å². The van der Waals surface area contributed by atoms with Gasteiger partial charge in [-0.25, -0.2) is 9.59 Å². The van der Waals surface area contributed by atoms with Gasteiger partial charge in [-0.2, -0.15) is 0 Å². The second kappa shape index (κ2) is 4.37. The first-order chi connectivity index (χ1) is 8.03. The van der Waals surface area contributed by atoms with Crippen LogP contribution >= 0.6 is 11.3 Å². The summed E-state index contributed by atoms with van der Waals surface area (Å²) in [4.78, 5) is 23.5. The first-order valence-corrected chi connectivity index (χ1v) is 6.24. The second-order valence-electron chi connectivity index (χ2n) is 4.22. The largest absolute Gasteiger partial charge is 0.480 e. The number of hydrogen-bond donors (Lipinski definition) is 3. The monoisotopic (exact) mass is 254 g/mol. The van der Waals surface area contributed by atoms with Crippen molar-refractivity contribution in [1.82, 2.24) is 10.6 Å². The summed E-state index contributed by atoms with van der Waals surface area (Å²) in [6, 6.07) is 1.57. The number of carboxylic acids is 1. The predicted octanol–water partition coefficient (Wildman–Crippen LogP) is 1.47. The number of carboxylic acid groups (broad SMARTS) is 1. The van der Waals surface area contributed by atoms with Crippen LogP contribution in [0.15, 0.2) is 11.4 Å². The van der Waals surface area contributed by atoms with Gasteiger partial charge in [-0.05, 0) is 36.8 Å². The van der Waals surface area contributed by atoms with Crippen molar-refractivity contribution in [3.63, 3.8) is 0 Å². The first-order valence-electron chi connectivity index (χ1n) is 5.36. The van der Waals surface area contributed by atoms with E-state index in [1.54, 1.807) is 11.3 Å². The molecule has 0 aliphatic heterocycles. The Hall–Kier alpha value is -1.56. The highest BCUT2D eigenvalue weighted by atomic mass is 32.1. The lowest BCUT2D eigenvalue weighted by Crippen LogP contribution is -2.47. The number of rotatable bonds is 4. The van der Waals surface area contributed by atoms with Crippen LogP contribution in [0.1, 0.15) is 23.3 Å². The smallest absolute Gasteiger partial charge is 0.329 e. The number of aliphatic carboxylic acids is 1. The van der Waals surface area contributed by atoms with Crippen LogP contribution < -0.4 is 10.6 Å². The summed E-state index contributed by atoms with van der Waals surface area (Å²) in [6.07, 6.45) is 1.02. The topological polar surface area (TPSA) is 78.4 Å². The minimum Gasteiger partial charge on any atom is -0.480 e. The Kier molecular flexibility index (Phi) is 3.06. The zero-order valence-electron chi connectivity index (χ0n) is 9.45. The summed E-state index contributed by atoms with van der Waals surface area (Å²) in [7, 11) is 0. The maximum Gasteiger partial charge on any atom is 0.329 e. The molecule has 1 aromatic heterocycles. The summed E-state index contributed by atoms with van der Waals surface area (Å²) in [5.74, 6) is -0.958. The van der Waals surface area contributed by atoms with Crippen LogP contribution in [-0.4, -0.2) is 22.6 Å². The van der Waals surface area contributed by atoms with Crippen LogP contribution in [0.5, 0.6) is 0 Å². The maximum atomic E-state index is 11.5. The molecule has 92 valence electrons. The van der Waals surface area contributed by atoms with Crippen molar-refractivity contribution in [2.75, 3.05) is 0 Å². The van der Waals surface area contributed by atoms with Crippen molar-refractivity contribution in [1.29, 1.82) is 0 Å². The van der Waals surface area contributed by atoms with Crippen LogP contribution in [0, 0.1) is 6.92 Å². The lowest BCUT2D eigenvalue weighted by molar-refractivity contribution is -0.140. The first kappa shape index (κ1) is 11.9. The number of urea groups is 1. The average molecular weight is 254 g/mol. The average Bonchev–Trinajstić information content (AvgIpc) is 2.93. The van der Waals surface area contributed by atoms with Gasteiger partial charge in [-0.3, -0.25) is 0 Å². The Balaban J connectivity index is 1.83. The SMILES string of the molecule is Cc1ccsc1CNC(=O)NC1(C(=O)O)CC1. The van der Waals surface area contributed by atoms with E-state index >= 15 is 0 Å². The van der Waals surface area contributed by atoms with E-state index in [9.17, 15) is 9.59 Å². The number of hydrogen-bond acceptors (Lipinski definition) is 3. The van der Waals surface area contributed by atoms with E-state index in [4.69, 9.17) is 5.11 Å². The molecular formula is C11H14N2O3S. The van der Waals surface area contributed by atoms with Gasteiger partial charge >= 0.3 is 12.0 Å². The number of thiophene rings is 1. The van der Waals surface area contributed by atoms with Gasteiger partial charge in [0.1, 0.15) is 5.54 Å². The minimum atomic E-state index is -1.02. The van der Waals surface area contributed by atoms with Crippen LogP contribution in [-0.2, 0) is 11.3 Å². The van der Waals surface area contributed by atoms with Gasteiger partial charge in [0.05, 0.1) is 6.54 Å². The molecule has 3 N–H and O–H groups in total. The molecule has 1 fully saturated rings. The highest BCUT2D eigenvalue weighted by Crippen LogP contribution is 2.35. The van der Waals surface area contributed by atoms with Crippen molar-refractivity contribution in [3.05, 3.63) is 21.9 Å². The van der Waals surface area contributed by atoms with Gasteiger partial charge in [0.25, 0.3) is 0 Å². The Bertz CT molecular complexity index is 451. The molecule has 0 bridgehead atoms. The predicted molar refractivity (Wildman–Crippen MR) is 64.0 cm³/mol. The standard InChI is InChI=1S/C11H14N2O3S/c1-7-2-5-17-8(7)6-12-10(16)13-11(3-4-11)9(14)15/h2,5H,3-4,6H2,1H3,(H,14,15)(H2,12,13,16). The van der Waals surface area contributed by atoms with E-state index in [1.165, 1.54) is 0 Å². The molecule has 0 unspecified atom stereocenters. The van der Waals surface area contributed by atoms with Gasteiger partial charge in [-0.15, -0.1) is 11.3 Å². The minimum absolute atomic E-state index is 0.419. The zero-order valence-corrected chi connectivity index (χ0v) is 10.3. The number of nitrogens with one attached hydrogen (secondary N) is 2. The Morgan fingerprint density at radius 2 is 2.24 bits per heavy atom. The zero-order chi connectivity index (χ0) is 12.5. The van der Waals surface area contributed by atoms with Crippen LogP contribution in [0.3, 0.4) is 0 Å². The summed E-state index contributed by atoms with van der Waals surface area (Å²) >= 11 is 1.57. The summed E-state index contributed by atoms with van der Waals surface area (Å²) in [5.41, 5.74) is 0.115. The normalized spacial score (nSPS) is 16.3. The molecule has 5 nitrogen and oxygen atoms in total. The number of aryl methyl sites for hydroxylation is 1. The lowest BCUT2D eigenvalue weighted by Gasteiger charge is -2.13. The van der Waals surface area contributed by atoms with Gasteiger partial charge in [0.15, 0.2) is 0 Å². The molecule has 0 saturated heterocycles. The highest BCUT2D eigenvalue weighted by Gasteiger charge is 2.51. The summed E-state index contributed by atoms with van der Waals surface area (Å²) < 4.78 is 0. The molecule has 1 aliphatic carbocycles. The fourth-order valence-electron chi connectivity index (χ4n) is 1.52. The van der Waals surface area contributed by atoms with Gasteiger partial charge in [-0.1, -0.05) is 0 Å². The molecule has 1 aliphatic rings. The van der Waals surface area contributed by atoms with Gasteiger partial charge < -0.3 is 15.7 Å². The fourth-order valence-corrected chi connectivity index (χ4v) is 2.37. The molecule has 0 atom stereocenters. The highest BCUT2D eigenvalue weighted by molar-refractivity contribution is 7.10. The molecule has 17 heavy (non-hydrogen) atoms. The number of amides is 2. The van der Waals surface area contributed by atoms with E-state index < -0.39 is 17.5 Å². The maximum absolute atomic E-state index is 11.5. The van der Waals surface area contributed by atoms with Crippen molar-refractivity contribution >= 4 is 23.3 Å². The Morgan fingerprint density at radius 3 is 2.71 bits per heavy atom. The molecule has 1 heterocycles. The van der Waals surface area contributed by atoms with Crippen molar-refractivity contribution in [2.24, 2.45) is 0 Å². The second-order valence-corrected chi connectivity index (χ2v) is 5.22. The fraction of sp³-hybridized carbons (Fsp3) is 0.455. The summed E-state index contributed by atoms with van der Waals surface area (Å²) in [5, 5.41) is 16.0. The van der Waals surface area contributed by atoms with E-state index in [2.05, 4.69) is 10.6 Å². The van der Waals surface area contributed by atoms with Gasteiger partial charge in [0, 0.05) is 4.88 Å². The van der Waals surface area contributed by atoms with Crippen molar-refractivity contribution in [2.45, 2.75) is 31.8 Å². The molecule has 1 aromatic rings. The number of carbonyl (C=O) groups excluding carboxylic acids is 1. The number of carbonyl (C=O) groups is 2. The van der Waals surface area contributed by atoms with Crippen molar-refractivity contribution < 1.29 is 14.7 Å². The van der Waals surface area contributed by atoms with E-state index in [0.29, 0.717) is 19.4 Å². The molecule has 2 rings (SSSR count). The molecule has 6 heteroatoms. The molecule has 1 saturated carbocycles. The molecule has 0 spiro atoms. The lowest BCUT2D eigenvalue weighted by atomic mass is 10.3. The van der Waals surface area contributed by atoms with Crippen LogP contribution in [0.4, 0.5) is 4.79 Å².